The van der Waals surface area contributed by atoms with Gasteiger partial charge >= 0.3 is 0 Å². The maximum Gasteiger partial charge on any atom is 0.156 e. The summed E-state index contributed by atoms with van der Waals surface area (Å²) < 4.78 is 30.3. The molecule has 1 atom stereocenters. The maximum absolute atomic E-state index is 15.1. The van der Waals surface area contributed by atoms with E-state index in [1.54, 1.807) is 24.5 Å². The summed E-state index contributed by atoms with van der Waals surface area (Å²) in [5.41, 5.74) is 9.61. The summed E-state index contributed by atoms with van der Waals surface area (Å²) in [7, 11) is -1.33. The zero-order chi connectivity index (χ0) is 21.4. The van der Waals surface area contributed by atoms with E-state index in [0.29, 0.717) is 46.0 Å². The van der Waals surface area contributed by atoms with E-state index in [0.717, 1.165) is 18.4 Å². The van der Waals surface area contributed by atoms with Crippen molar-refractivity contribution in [1.29, 1.82) is 0 Å². The van der Waals surface area contributed by atoms with Crippen LogP contribution in [0.5, 0.6) is 0 Å². The summed E-state index contributed by atoms with van der Waals surface area (Å²) in [6.45, 7) is 1.38. The van der Waals surface area contributed by atoms with E-state index in [1.807, 2.05) is 34.6 Å². The van der Waals surface area contributed by atoms with Gasteiger partial charge in [0.1, 0.15) is 22.3 Å². The average molecular weight is 436 g/mol. The average Bonchev–Trinajstić information content (AvgIpc) is 3.27. The highest BCUT2D eigenvalue weighted by Gasteiger charge is 2.24. The van der Waals surface area contributed by atoms with Gasteiger partial charge in [0.25, 0.3) is 0 Å². The SMILES string of the molecule is NC1CCN(S(=O)c2ccccc2-c2ccc(-c3cnc4[nH]ccc4n3)c(F)c2)CC1. The molecule has 1 aliphatic heterocycles. The highest BCUT2D eigenvalue weighted by atomic mass is 32.2. The first kappa shape index (κ1) is 20.0. The molecule has 4 aromatic rings. The minimum atomic E-state index is -1.33. The molecule has 1 fully saturated rings. The number of piperidine rings is 1. The standard InChI is InChI=1S/C23H22FN5OS/c24-19-13-15(5-6-18(19)21-14-27-23-20(28-21)7-10-26-23)17-3-1-2-4-22(17)31(30)29-11-8-16(25)9-12-29/h1-7,10,13-14,16H,8-9,11-12,25H2,(H,26,27). The molecule has 1 saturated heterocycles. The minimum absolute atomic E-state index is 0.165. The first-order valence-electron chi connectivity index (χ1n) is 10.2. The van der Waals surface area contributed by atoms with Crippen molar-refractivity contribution in [2.45, 2.75) is 23.8 Å². The molecule has 0 bridgehead atoms. The maximum atomic E-state index is 15.1. The number of aromatic nitrogens is 3. The van der Waals surface area contributed by atoms with Crippen molar-refractivity contribution < 1.29 is 8.60 Å². The lowest BCUT2D eigenvalue weighted by Gasteiger charge is -2.29. The summed E-state index contributed by atoms with van der Waals surface area (Å²) in [6, 6.07) is 14.4. The van der Waals surface area contributed by atoms with Crippen LogP contribution in [-0.2, 0) is 11.0 Å². The number of halogens is 1. The molecule has 1 unspecified atom stereocenters. The van der Waals surface area contributed by atoms with Gasteiger partial charge in [0.05, 0.1) is 16.8 Å². The van der Waals surface area contributed by atoms with E-state index in [-0.39, 0.29) is 6.04 Å². The van der Waals surface area contributed by atoms with Gasteiger partial charge in [0.2, 0.25) is 0 Å². The van der Waals surface area contributed by atoms with Gasteiger partial charge in [-0.1, -0.05) is 24.3 Å². The third kappa shape index (κ3) is 3.89. The Kier molecular flexibility index (Phi) is 5.35. The second-order valence-corrected chi connectivity index (χ2v) is 9.13. The number of fused-ring (bicyclic) bond motifs is 1. The van der Waals surface area contributed by atoms with Crippen molar-refractivity contribution >= 4 is 22.1 Å². The number of hydrogen-bond donors (Lipinski definition) is 2. The molecule has 0 amide bonds. The molecule has 158 valence electrons. The summed E-state index contributed by atoms with van der Waals surface area (Å²) in [5.74, 6) is -0.397. The fourth-order valence-electron chi connectivity index (χ4n) is 3.89. The summed E-state index contributed by atoms with van der Waals surface area (Å²) in [4.78, 5) is 12.4. The Hall–Kier alpha value is -2.94. The first-order valence-corrected chi connectivity index (χ1v) is 11.3. The third-order valence-corrected chi connectivity index (χ3v) is 7.19. The normalized spacial score (nSPS) is 16.6. The fraction of sp³-hybridized carbons (Fsp3) is 0.217. The molecule has 3 N–H and O–H groups in total. The molecule has 6 nitrogen and oxygen atoms in total. The third-order valence-electron chi connectivity index (χ3n) is 5.63. The van der Waals surface area contributed by atoms with Crippen LogP contribution in [0.2, 0.25) is 0 Å². The van der Waals surface area contributed by atoms with Gasteiger partial charge in [-0.2, -0.15) is 0 Å². The Morgan fingerprint density at radius 1 is 1.10 bits per heavy atom. The first-order chi connectivity index (χ1) is 15.1. The van der Waals surface area contributed by atoms with Gasteiger partial charge in [-0.3, -0.25) is 0 Å². The highest BCUT2D eigenvalue weighted by molar-refractivity contribution is 7.82. The van der Waals surface area contributed by atoms with E-state index >= 15 is 4.39 Å². The Morgan fingerprint density at radius 2 is 1.90 bits per heavy atom. The monoisotopic (exact) mass is 435 g/mol. The number of rotatable bonds is 4. The Labute approximate surface area is 181 Å². The number of H-pyrrole nitrogens is 1. The molecule has 1 aliphatic rings. The lowest BCUT2D eigenvalue weighted by Crippen LogP contribution is -2.40. The number of hydrogen-bond acceptors (Lipinski definition) is 4. The van der Waals surface area contributed by atoms with Gasteiger partial charge in [-0.25, -0.2) is 22.9 Å². The smallest absolute Gasteiger partial charge is 0.156 e. The molecular weight excluding hydrogens is 413 g/mol. The van der Waals surface area contributed by atoms with E-state index in [9.17, 15) is 4.21 Å². The van der Waals surface area contributed by atoms with Crippen LogP contribution < -0.4 is 5.73 Å². The van der Waals surface area contributed by atoms with Gasteiger partial charge in [0, 0.05) is 30.9 Å². The lowest BCUT2D eigenvalue weighted by atomic mass is 10.0. The molecule has 8 heteroatoms. The number of nitrogens with one attached hydrogen (secondary N) is 1. The number of nitrogens with zero attached hydrogens (tertiary/aromatic N) is 3. The number of aromatic amines is 1. The zero-order valence-corrected chi connectivity index (χ0v) is 17.6. The van der Waals surface area contributed by atoms with Crippen LogP contribution in [0.4, 0.5) is 4.39 Å². The topological polar surface area (TPSA) is 87.9 Å². The predicted molar refractivity (Wildman–Crippen MR) is 120 cm³/mol. The van der Waals surface area contributed by atoms with E-state index in [2.05, 4.69) is 15.0 Å². The molecular formula is C23H22FN5OS. The van der Waals surface area contributed by atoms with Crippen molar-refractivity contribution in [3.8, 4) is 22.4 Å². The number of benzene rings is 2. The Morgan fingerprint density at radius 3 is 2.71 bits per heavy atom. The second-order valence-electron chi connectivity index (χ2n) is 7.67. The van der Waals surface area contributed by atoms with E-state index in [1.165, 1.54) is 6.07 Å². The molecule has 2 aromatic carbocycles. The molecule has 0 spiro atoms. The Bertz CT molecular complexity index is 1270. The lowest BCUT2D eigenvalue weighted by molar-refractivity contribution is 0.334. The van der Waals surface area contributed by atoms with E-state index < -0.39 is 16.8 Å². The molecule has 2 aromatic heterocycles. The molecule has 0 aliphatic carbocycles. The van der Waals surface area contributed by atoms with E-state index in [4.69, 9.17) is 5.73 Å². The molecule has 0 radical (unpaired) electrons. The fourth-order valence-corrected chi connectivity index (χ4v) is 5.28. The van der Waals surface area contributed by atoms with Crippen LogP contribution >= 0.6 is 0 Å². The number of nitrogens with two attached hydrogens (primary N) is 1. The summed E-state index contributed by atoms with van der Waals surface area (Å²) >= 11 is 0. The quantitative estimate of drug-likeness (QED) is 0.509. The second kappa shape index (κ2) is 8.30. The Balaban J connectivity index is 1.48. The summed E-state index contributed by atoms with van der Waals surface area (Å²) in [5, 5.41) is 0. The predicted octanol–water partition coefficient (Wildman–Crippen LogP) is 3.88. The molecule has 31 heavy (non-hydrogen) atoms. The molecule has 0 saturated carbocycles. The van der Waals surface area contributed by atoms with Crippen molar-refractivity contribution in [2.75, 3.05) is 13.1 Å². The molecule has 5 rings (SSSR count). The van der Waals surface area contributed by atoms with Crippen molar-refractivity contribution in [1.82, 2.24) is 19.3 Å². The van der Waals surface area contributed by atoms with Crippen LogP contribution in [0.25, 0.3) is 33.5 Å². The summed E-state index contributed by atoms with van der Waals surface area (Å²) in [6.07, 6.45) is 4.95. The van der Waals surface area contributed by atoms with Gasteiger partial charge in [-0.15, -0.1) is 0 Å². The van der Waals surface area contributed by atoms with Crippen LogP contribution in [0.15, 0.2) is 65.8 Å². The van der Waals surface area contributed by atoms with Crippen LogP contribution in [0, 0.1) is 5.82 Å². The molecule has 3 heterocycles. The van der Waals surface area contributed by atoms with Gasteiger partial charge in [-0.05, 0) is 48.2 Å². The zero-order valence-electron chi connectivity index (χ0n) is 16.8. The van der Waals surface area contributed by atoms with Crippen LogP contribution in [-0.4, -0.2) is 42.6 Å². The largest absolute Gasteiger partial charge is 0.345 e. The van der Waals surface area contributed by atoms with Crippen LogP contribution in [0.1, 0.15) is 12.8 Å². The highest BCUT2D eigenvalue weighted by Crippen LogP contribution is 2.32. The minimum Gasteiger partial charge on any atom is -0.345 e. The van der Waals surface area contributed by atoms with Crippen LogP contribution in [0.3, 0.4) is 0 Å². The van der Waals surface area contributed by atoms with Crippen molar-refractivity contribution in [3.63, 3.8) is 0 Å². The van der Waals surface area contributed by atoms with Crippen molar-refractivity contribution in [2.24, 2.45) is 5.73 Å². The van der Waals surface area contributed by atoms with Crippen molar-refractivity contribution in [3.05, 3.63) is 66.7 Å². The van der Waals surface area contributed by atoms with Gasteiger partial charge in [0.15, 0.2) is 5.65 Å². The van der Waals surface area contributed by atoms with Gasteiger partial charge < -0.3 is 10.7 Å².